The van der Waals surface area contributed by atoms with Gasteiger partial charge in [-0.15, -0.1) is 0 Å². The van der Waals surface area contributed by atoms with Crippen molar-refractivity contribution >= 4 is 5.96 Å². The van der Waals surface area contributed by atoms with Crippen LogP contribution in [0.3, 0.4) is 0 Å². The van der Waals surface area contributed by atoms with Gasteiger partial charge in [0.2, 0.25) is 0 Å². The number of nitrogens with zero attached hydrogens (tertiary/aromatic N) is 2. The van der Waals surface area contributed by atoms with E-state index in [-0.39, 0.29) is 5.41 Å². The molecule has 0 aromatic heterocycles. The van der Waals surface area contributed by atoms with Crippen LogP contribution in [0, 0.1) is 0 Å². The van der Waals surface area contributed by atoms with Gasteiger partial charge in [-0.25, -0.2) is 0 Å². The molecule has 3 rings (SSSR count). The van der Waals surface area contributed by atoms with Gasteiger partial charge < -0.3 is 25.0 Å². The van der Waals surface area contributed by atoms with Crippen LogP contribution >= 0.6 is 0 Å². The summed E-state index contributed by atoms with van der Waals surface area (Å²) < 4.78 is 11.0. The summed E-state index contributed by atoms with van der Waals surface area (Å²) in [6, 6.07) is 9.02. The molecule has 1 aromatic carbocycles. The molecule has 0 unspecified atom stereocenters. The number of rotatable bonds is 8. The van der Waals surface area contributed by atoms with E-state index in [0.29, 0.717) is 6.04 Å². The molecule has 1 aromatic rings. The molecule has 0 spiro atoms. The Morgan fingerprint density at radius 3 is 2.47 bits per heavy atom. The molecule has 2 aliphatic rings. The molecule has 6 heteroatoms. The van der Waals surface area contributed by atoms with E-state index >= 15 is 0 Å². The standard InChI is InChI=1S/C24H40N4O2/c1-4-14-28-15-10-21(11-16-28)27-23(25-5-2)26-19-24(12-17-30-18-13-24)20-6-8-22(29-3)9-7-20/h6-9,21H,4-5,10-19H2,1-3H3,(H2,25,26,27). The number of methoxy groups -OCH3 is 1. The number of piperidine rings is 1. The molecule has 2 aliphatic heterocycles. The number of hydrogen-bond acceptors (Lipinski definition) is 4. The summed E-state index contributed by atoms with van der Waals surface area (Å²) in [5.41, 5.74) is 1.36. The van der Waals surface area contributed by atoms with E-state index in [4.69, 9.17) is 14.5 Å². The van der Waals surface area contributed by atoms with Crippen molar-refractivity contribution in [3.05, 3.63) is 29.8 Å². The first kappa shape index (κ1) is 22.9. The fourth-order valence-electron chi connectivity index (χ4n) is 4.61. The van der Waals surface area contributed by atoms with Gasteiger partial charge in [-0.3, -0.25) is 4.99 Å². The highest BCUT2D eigenvalue weighted by Crippen LogP contribution is 2.36. The smallest absolute Gasteiger partial charge is 0.191 e. The number of ether oxygens (including phenoxy) is 2. The zero-order valence-corrected chi connectivity index (χ0v) is 19.1. The first-order chi connectivity index (χ1) is 14.7. The summed E-state index contributed by atoms with van der Waals surface area (Å²) in [7, 11) is 1.71. The Kier molecular flexibility index (Phi) is 8.82. The highest BCUT2D eigenvalue weighted by molar-refractivity contribution is 5.80. The lowest BCUT2D eigenvalue weighted by molar-refractivity contribution is 0.0530. The van der Waals surface area contributed by atoms with Crippen LogP contribution in [0.25, 0.3) is 0 Å². The maximum atomic E-state index is 5.69. The highest BCUT2D eigenvalue weighted by Gasteiger charge is 2.34. The molecule has 6 nitrogen and oxygen atoms in total. The summed E-state index contributed by atoms with van der Waals surface area (Å²) in [6.07, 6.45) is 5.60. The van der Waals surface area contributed by atoms with E-state index in [0.717, 1.165) is 50.9 Å². The quantitative estimate of drug-likeness (QED) is 0.504. The molecule has 0 saturated carbocycles. The third-order valence-corrected chi connectivity index (χ3v) is 6.50. The molecule has 2 fully saturated rings. The first-order valence-corrected chi connectivity index (χ1v) is 11.7. The van der Waals surface area contributed by atoms with Crippen LogP contribution in [0.2, 0.25) is 0 Å². The van der Waals surface area contributed by atoms with Gasteiger partial charge in [-0.2, -0.15) is 0 Å². The van der Waals surface area contributed by atoms with Crippen LogP contribution in [0.1, 0.15) is 51.5 Å². The predicted molar refractivity (Wildman–Crippen MR) is 124 cm³/mol. The average molecular weight is 417 g/mol. The molecule has 0 radical (unpaired) electrons. The number of benzene rings is 1. The summed E-state index contributed by atoms with van der Waals surface area (Å²) in [4.78, 5) is 7.64. The molecule has 0 atom stereocenters. The van der Waals surface area contributed by atoms with Gasteiger partial charge in [0.25, 0.3) is 0 Å². The Hall–Kier alpha value is -1.79. The fraction of sp³-hybridized carbons (Fsp3) is 0.708. The number of nitrogens with one attached hydrogen (secondary N) is 2. The lowest BCUT2D eigenvalue weighted by Gasteiger charge is -2.37. The first-order valence-electron chi connectivity index (χ1n) is 11.7. The zero-order chi connectivity index (χ0) is 21.2. The Morgan fingerprint density at radius 2 is 1.87 bits per heavy atom. The van der Waals surface area contributed by atoms with Crippen molar-refractivity contribution in [2.45, 2.75) is 57.4 Å². The van der Waals surface area contributed by atoms with Crippen LogP contribution in [0.5, 0.6) is 5.75 Å². The second-order valence-corrected chi connectivity index (χ2v) is 8.58. The molecule has 0 amide bonds. The minimum Gasteiger partial charge on any atom is -0.497 e. The van der Waals surface area contributed by atoms with Crippen LogP contribution in [0.4, 0.5) is 0 Å². The van der Waals surface area contributed by atoms with E-state index < -0.39 is 0 Å². The number of hydrogen-bond donors (Lipinski definition) is 2. The van der Waals surface area contributed by atoms with Crippen LogP contribution < -0.4 is 15.4 Å². The van der Waals surface area contributed by atoms with E-state index in [1.165, 1.54) is 44.5 Å². The molecule has 30 heavy (non-hydrogen) atoms. The predicted octanol–water partition coefficient (Wildman–Crippen LogP) is 3.17. The van der Waals surface area contributed by atoms with Gasteiger partial charge in [0.05, 0.1) is 13.7 Å². The number of likely N-dealkylation sites (tertiary alicyclic amines) is 1. The van der Waals surface area contributed by atoms with Crippen molar-refractivity contribution in [1.82, 2.24) is 15.5 Å². The van der Waals surface area contributed by atoms with Crippen molar-refractivity contribution in [1.29, 1.82) is 0 Å². The normalized spacial score (nSPS) is 20.7. The van der Waals surface area contributed by atoms with Crippen molar-refractivity contribution in [2.75, 3.05) is 53.0 Å². The largest absolute Gasteiger partial charge is 0.497 e. The molecule has 168 valence electrons. The third kappa shape index (κ3) is 6.11. The Morgan fingerprint density at radius 1 is 1.17 bits per heavy atom. The van der Waals surface area contributed by atoms with Gasteiger partial charge in [0.15, 0.2) is 5.96 Å². The summed E-state index contributed by atoms with van der Waals surface area (Å²) in [6.45, 7) is 11.2. The maximum absolute atomic E-state index is 5.69. The lowest BCUT2D eigenvalue weighted by atomic mass is 9.74. The highest BCUT2D eigenvalue weighted by atomic mass is 16.5. The van der Waals surface area contributed by atoms with Crippen LogP contribution in [-0.4, -0.2) is 69.9 Å². The SMILES string of the molecule is CCCN1CCC(NC(=NCC2(c3ccc(OC)cc3)CCOCC2)NCC)CC1. The van der Waals surface area contributed by atoms with Gasteiger partial charge >= 0.3 is 0 Å². The molecular formula is C24H40N4O2. The summed E-state index contributed by atoms with van der Waals surface area (Å²) >= 11 is 0. The lowest BCUT2D eigenvalue weighted by Crippen LogP contribution is -2.49. The molecule has 0 aliphatic carbocycles. The van der Waals surface area contributed by atoms with Crippen molar-refractivity contribution in [2.24, 2.45) is 4.99 Å². The Labute approximate surface area is 182 Å². The second kappa shape index (κ2) is 11.6. The Balaban J connectivity index is 1.68. The van der Waals surface area contributed by atoms with E-state index in [2.05, 4.69) is 53.6 Å². The Bertz CT molecular complexity index is 648. The monoisotopic (exact) mass is 416 g/mol. The second-order valence-electron chi connectivity index (χ2n) is 8.58. The fourth-order valence-corrected chi connectivity index (χ4v) is 4.61. The minimum atomic E-state index is 0.0252. The molecular weight excluding hydrogens is 376 g/mol. The summed E-state index contributed by atoms with van der Waals surface area (Å²) in [5.74, 6) is 1.85. The van der Waals surface area contributed by atoms with Gasteiger partial charge in [0.1, 0.15) is 5.75 Å². The molecule has 2 saturated heterocycles. The van der Waals surface area contributed by atoms with Crippen LogP contribution in [-0.2, 0) is 10.2 Å². The van der Waals surface area contributed by atoms with Crippen molar-refractivity contribution < 1.29 is 9.47 Å². The third-order valence-electron chi connectivity index (χ3n) is 6.50. The molecule has 2 N–H and O–H groups in total. The number of guanidine groups is 1. The minimum absolute atomic E-state index is 0.0252. The summed E-state index contributed by atoms with van der Waals surface area (Å²) in [5, 5.41) is 7.17. The maximum Gasteiger partial charge on any atom is 0.191 e. The van der Waals surface area contributed by atoms with Gasteiger partial charge in [-0.05, 0) is 63.3 Å². The zero-order valence-electron chi connectivity index (χ0n) is 19.1. The van der Waals surface area contributed by atoms with Gasteiger partial charge in [-0.1, -0.05) is 19.1 Å². The van der Waals surface area contributed by atoms with Crippen LogP contribution in [0.15, 0.2) is 29.3 Å². The molecule has 0 bridgehead atoms. The molecule has 2 heterocycles. The number of aliphatic imine (C=N–C) groups is 1. The van der Waals surface area contributed by atoms with E-state index in [1.54, 1.807) is 7.11 Å². The van der Waals surface area contributed by atoms with Crippen molar-refractivity contribution in [3.8, 4) is 5.75 Å². The topological polar surface area (TPSA) is 58.1 Å². The van der Waals surface area contributed by atoms with E-state index in [1.807, 2.05) is 0 Å². The average Bonchev–Trinajstić information content (AvgIpc) is 2.80. The van der Waals surface area contributed by atoms with E-state index in [9.17, 15) is 0 Å². The van der Waals surface area contributed by atoms with Gasteiger partial charge in [0, 0.05) is 44.3 Å². The van der Waals surface area contributed by atoms with Crippen molar-refractivity contribution in [3.63, 3.8) is 0 Å².